The Morgan fingerprint density at radius 3 is 2.35 bits per heavy atom. The van der Waals surface area contributed by atoms with E-state index in [2.05, 4.69) is 5.32 Å². The van der Waals surface area contributed by atoms with Crippen molar-refractivity contribution >= 4 is 11.6 Å². The number of rotatable bonds is 2. The van der Waals surface area contributed by atoms with Crippen molar-refractivity contribution in [2.45, 2.75) is 27.7 Å². The third-order valence-electron chi connectivity index (χ3n) is 3.43. The molecule has 2 rings (SSSR count). The maximum absolute atomic E-state index is 12.4. The molecule has 0 unspecified atom stereocenters. The molecule has 1 amide bonds. The topological polar surface area (TPSA) is 49.3 Å². The highest BCUT2D eigenvalue weighted by Crippen LogP contribution is 2.25. The number of carbonyl (C=O) groups is 1. The average molecular weight is 269 g/mol. The molecule has 2 N–H and O–H groups in total. The van der Waals surface area contributed by atoms with E-state index in [1.54, 1.807) is 12.1 Å². The van der Waals surface area contributed by atoms with E-state index < -0.39 is 0 Å². The first kappa shape index (κ1) is 14.1. The van der Waals surface area contributed by atoms with Crippen LogP contribution in [0, 0.1) is 27.7 Å². The molecule has 0 atom stereocenters. The molecule has 2 aromatic rings. The van der Waals surface area contributed by atoms with Gasteiger partial charge in [0.1, 0.15) is 5.75 Å². The first-order valence-corrected chi connectivity index (χ1v) is 6.57. The Bertz CT molecular complexity index is 675. The maximum Gasteiger partial charge on any atom is 0.255 e. The lowest BCUT2D eigenvalue weighted by Crippen LogP contribution is -2.14. The zero-order valence-electron chi connectivity index (χ0n) is 12.2. The van der Waals surface area contributed by atoms with Gasteiger partial charge in [-0.25, -0.2) is 0 Å². The van der Waals surface area contributed by atoms with Crippen LogP contribution in [0.2, 0.25) is 0 Å². The third kappa shape index (κ3) is 2.82. The minimum absolute atomic E-state index is 0.126. The van der Waals surface area contributed by atoms with Crippen molar-refractivity contribution in [3.8, 4) is 5.75 Å². The van der Waals surface area contributed by atoms with Gasteiger partial charge in [-0.2, -0.15) is 0 Å². The number of benzene rings is 2. The van der Waals surface area contributed by atoms with Crippen molar-refractivity contribution in [3.05, 3.63) is 58.1 Å². The van der Waals surface area contributed by atoms with Crippen LogP contribution in [0.15, 0.2) is 30.3 Å². The fourth-order valence-corrected chi connectivity index (χ4v) is 2.11. The lowest BCUT2D eigenvalue weighted by atomic mass is 10.0. The molecule has 0 fully saturated rings. The molecule has 3 nitrogen and oxygen atoms in total. The van der Waals surface area contributed by atoms with Gasteiger partial charge in [-0.05, 0) is 62.6 Å². The van der Waals surface area contributed by atoms with Crippen LogP contribution in [0.5, 0.6) is 5.75 Å². The summed E-state index contributed by atoms with van der Waals surface area (Å²) in [6.07, 6.45) is 0. The fraction of sp³-hybridized carbons (Fsp3) is 0.235. The van der Waals surface area contributed by atoms with E-state index in [-0.39, 0.29) is 11.7 Å². The first-order valence-electron chi connectivity index (χ1n) is 6.57. The molecule has 20 heavy (non-hydrogen) atoms. The minimum atomic E-state index is -0.126. The van der Waals surface area contributed by atoms with Gasteiger partial charge < -0.3 is 10.4 Å². The second-order valence-corrected chi connectivity index (χ2v) is 5.23. The van der Waals surface area contributed by atoms with Crippen LogP contribution in [-0.4, -0.2) is 11.0 Å². The van der Waals surface area contributed by atoms with E-state index in [1.165, 1.54) is 0 Å². The SMILES string of the molecule is Cc1ccc(C)c(C(=O)Nc2cc(C)c(O)cc2C)c1. The van der Waals surface area contributed by atoms with Crippen molar-refractivity contribution in [2.24, 2.45) is 0 Å². The molecule has 2 aromatic carbocycles. The highest BCUT2D eigenvalue weighted by molar-refractivity contribution is 6.05. The molecule has 0 radical (unpaired) electrons. The van der Waals surface area contributed by atoms with E-state index in [4.69, 9.17) is 0 Å². The van der Waals surface area contributed by atoms with Crippen LogP contribution >= 0.6 is 0 Å². The van der Waals surface area contributed by atoms with E-state index in [0.717, 1.165) is 27.9 Å². The summed E-state index contributed by atoms with van der Waals surface area (Å²) in [4.78, 5) is 12.4. The highest BCUT2D eigenvalue weighted by atomic mass is 16.3. The summed E-state index contributed by atoms with van der Waals surface area (Å²) in [6, 6.07) is 9.26. The van der Waals surface area contributed by atoms with Crippen LogP contribution < -0.4 is 5.32 Å². The second-order valence-electron chi connectivity index (χ2n) is 5.23. The van der Waals surface area contributed by atoms with Gasteiger partial charge in [0.15, 0.2) is 0 Å². The normalized spacial score (nSPS) is 10.4. The van der Waals surface area contributed by atoms with Crippen molar-refractivity contribution in [2.75, 3.05) is 5.32 Å². The number of aromatic hydroxyl groups is 1. The summed E-state index contributed by atoms with van der Waals surface area (Å²) >= 11 is 0. The Labute approximate surface area is 119 Å². The quantitative estimate of drug-likeness (QED) is 0.813. The predicted molar refractivity (Wildman–Crippen MR) is 81.5 cm³/mol. The standard InChI is InChI=1S/C17H19NO2/c1-10-5-6-11(2)14(7-10)17(20)18-15-8-13(4)16(19)9-12(15)3/h5-9,19H,1-4H3,(H,18,20). The van der Waals surface area contributed by atoms with Crippen molar-refractivity contribution < 1.29 is 9.90 Å². The molecule has 0 bridgehead atoms. The van der Waals surface area contributed by atoms with Crippen LogP contribution in [0.4, 0.5) is 5.69 Å². The fourth-order valence-electron chi connectivity index (χ4n) is 2.11. The van der Waals surface area contributed by atoms with Crippen LogP contribution in [-0.2, 0) is 0 Å². The van der Waals surface area contributed by atoms with Gasteiger partial charge in [0, 0.05) is 11.3 Å². The summed E-state index contributed by atoms with van der Waals surface area (Å²) in [5.41, 5.74) is 4.99. The number of hydrogen-bond donors (Lipinski definition) is 2. The number of amides is 1. The molecule has 0 spiro atoms. The summed E-state index contributed by atoms with van der Waals surface area (Å²) in [7, 11) is 0. The van der Waals surface area contributed by atoms with E-state index in [9.17, 15) is 9.90 Å². The number of phenols is 1. The van der Waals surface area contributed by atoms with E-state index in [0.29, 0.717) is 5.56 Å². The molecule has 3 heteroatoms. The van der Waals surface area contributed by atoms with Gasteiger partial charge >= 0.3 is 0 Å². The van der Waals surface area contributed by atoms with Crippen LogP contribution in [0.25, 0.3) is 0 Å². The average Bonchev–Trinajstić information content (AvgIpc) is 2.38. The minimum Gasteiger partial charge on any atom is -0.508 e. The number of nitrogens with one attached hydrogen (secondary N) is 1. The first-order chi connectivity index (χ1) is 9.38. The molecular formula is C17H19NO2. The number of aryl methyl sites for hydroxylation is 4. The maximum atomic E-state index is 12.4. The Balaban J connectivity index is 2.32. The molecule has 0 saturated heterocycles. The van der Waals surface area contributed by atoms with Gasteiger partial charge in [-0.15, -0.1) is 0 Å². The Hall–Kier alpha value is -2.29. The number of anilines is 1. The van der Waals surface area contributed by atoms with Gasteiger partial charge in [0.25, 0.3) is 5.91 Å². The van der Waals surface area contributed by atoms with Gasteiger partial charge in [-0.1, -0.05) is 17.7 Å². The summed E-state index contributed by atoms with van der Waals surface area (Å²) in [5.74, 6) is 0.117. The van der Waals surface area contributed by atoms with E-state index >= 15 is 0 Å². The predicted octanol–water partition coefficient (Wildman–Crippen LogP) is 3.88. The molecule has 0 saturated carbocycles. The lowest BCUT2D eigenvalue weighted by molar-refractivity contribution is 0.102. The molecule has 0 aliphatic rings. The molecule has 0 aliphatic heterocycles. The van der Waals surface area contributed by atoms with Crippen LogP contribution in [0.1, 0.15) is 32.6 Å². The molecule has 0 aliphatic carbocycles. The summed E-state index contributed by atoms with van der Waals surface area (Å²) in [6.45, 7) is 7.55. The van der Waals surface area contributed by atoms with Gasteiger partial charge in [0.05, 0.1) is 0 Å². The zero-order valence-corrected chi connectivity index (χ0v) is 12.2. The third-order valence-corrected chi connectivity index (χ3v) is 3.43. The summed E-state index contributed by atoms with van der Waals surface area (Å²) < 4.78 is 0. The smallest absolute Gasteiger partial charge is 0.255 e. The largest absolute Gasteiger partial charge is 0.508 e. The molecular weight excluding hydrogens is 250 g/mol. The molecule has 104 valence electrons. The number of hydrogen-bond acceptors (Lipinski definition) is 2. The summed E-state index contributed by atoms with van der Waals surface area (Å²) in [5, 5.41) is 12.6. The van der Waals surface area contributed by atoms with Crippen LogP contribution in [0.3, 0.4) is 0 Å². The number of phenolic OH excluding ortho intramolecular Hbond substituents is 1. The van der Waals surface area contributed by atoms with Crippen molar-refractivity contribution in [1.29, 1.82) is 0 Å². The van der Waals surface area contributed by atoms with E-state index in [1.807, 2.05) is 45.9 Å². The van der Waals surface area contributed by atoms with Gasteiger partial charge in [-0.3, -0.25) is 4.79 Å². The Morgan fingerprint density at radius 2 is 1.65 bits per heavy atom. The molecule has 0 heterocycles. The van der Waals surface area contributed by atoms with Crippen molar-refractivity contribution in [3.63, 3.8) is 0 Å². The highest BCUT2D eigenvalue weighted by Gasteiger charge is 2.12. The van der Waals surface area contributed by atoms with Crippen molar-refractivity contribution in [1.82, 2.24) is 0 Å². The monoisotopic (exact) mass is 269 g/mol. The molecule has 0 aromatic heterocycles. The second kappa shape index (κ2) is 5.37. The number of carbonyl (C=O) groups excluding carboxylic acids is 1. The Morgan fingerprint density at radius 1 is 0.950 bits per heavy atom. The zero-order chi connectivity index (χ0) is 14.9. The van der Waals surface area contributed by atoms with Gasteiger partial charge in [0.2, 0.25) is 0 Å². The lowest BCUT2D eigenvalue weighted by Gasteiger charge is -2.12. The Kier molecular flexibility index (Phi) is 3.79.